The van der Waals surface area contributed by atoms with Crippen molar-refractivity contribution >= 4 is 11.6 Å². The molecule has 0 saturated heterocycles. The van der Waals surface area contributed by atoms with Gasteiger partial charge in [0.15, 0.2) is 17.3 Å². The Labute approximate surface area is 146 Å². The average molecular weight is 356 g/mol. The molecule has 2 N–H and O–H groups in total. The summed E-state index contributed by atoms with van der Waals surface area (Å²) >= 11 is 0. The van der Waals surface area contributed by atoms with Crippen molar-refractivity contribution in [1.29, 1.82) is 0 Å². The molecule has 0 spiro atoms. The topological polar surface area (TPSA) is 113 Å². The van der Waals surface area contributed by atoms with Gasteiger partial charge in [-0.05, 0) is 25.1 Å². The summed E-state index contributed by atoms with van der Waals surface area (Å²) in [4.78, 5) is 21.6. The first-order valence-electron chi connectivity index (χ1n) is 7.45. The highest BCUT2D eigenvalue weighted by Gasteiger charge is 2.22. The van der Waals surface area contributed by atoms with Crippen LogP contribution < -0.4 is 10.5 Å². The van der Waals surface area contributed by atoms with Crippen LogP contribution in [-0.2, 0) is 0 Å². The summed E-state index contributed by atoms with van der Waals surface area (Å²) < 4.78 is 21.1. The standard InChI is InChI=1S/C17H13FN4O4/c1-10-15(16(19)23)20-21(11-5-3-2-4-6-11)17(10)26-14-8-7-12(22(24)25)9-13(14)18/h2-9H,1H3,(H2,19,23). The maximum atomic E-state index is 14.2. The number of carbonyl (C=O) groups is 1. The number of para-hydroxylation sites is 1. The predicted octanol–water partition coefficient (Wildman–Crippen LogP) is 3.12. The molecule has 0 aliphatic rings. The first kappa shape index (κ1) is 17.1. The first-order chi connectivity index (χ1) is 12.4. The summed E-state index contributed by atoms with van der Waals surface area (Å²) in [7, 11) is 0. The number of halogens is 1. The van der Waals surface area contributed by atoms with Crippen molar-refractivity contribution in [3.05, 3.63) is 75.7 Å². The van der Waals surface area contributed by atoms with Gasteiger partial charge in [-0.1, -0.05) is 18.2 Å². The zero-order valence-corrected chi connectivity index (χ0v) is 13.5. The minimum Gasteiger partial charge on any atom is -0.436 e. The van der Waals surface area contributed by atoms with Crippen molar-refractivity contribution in [2.24, 2.45) is 5.73 Å². The molecule has 8 nitrogen and oxygen atoms in total. The Bertz CT molecular complexity index is 1000. The molecule has 0 atom stereocenters. The largest absolute Gasteiger partial charge is 0.436 e. The Balaban J connectivity index is 2.10. The molecular weight excluding hydrogens is 343 g/mol. The van der Waals surface area contributed by atoms with E-state index < -0.39 is 22.3 Å². The Morgan fingerprint density at radius 2 is 1.96 bits per heavy atom. The summed E-state index contributed by atoms with van der Waals surface area (Å²) in [6.45, 7) is 1.56. The van der Waals surface area contributed by atoms with Gasteiger partial charge in [-0.3, -0.25) is 14.9 Å². The molecule has 3 aromatic rings. The highest BCUT2D eigenvalue weighted by Crippen LogP contribution is 2.32. The number of ether oxygens (including phenoxy) is 1. The number of hydrogen-bond acceptors (Lipinski definition) is 5. The number of amides is 1. The van der Waals surface area contributed by atoms with Crippen LogP contribution in [0.1, 0.15) is 16.1 Å². The van der Waals surface area contributed by atoms with Gasteiger partial charge in [0, 0.05) is 11.6 Å². The number of aromatic nitrogens is 2. The quantitative estimate of drug-likeness (QED) is 0.557. The van der Waals surface area contributed by atoms with E-state index in [-0.39, 0.29) is 17.3 Å². The zero-order valence-electron chi connectivity index (χ0n) is 13.5. The van der Waals surface area contributed by atoms with Crippen molar-refractivity contribution in [1.82, 2.24) is 9.78 Å². The smallest absolute Gasteiger partial charge is 0.272 e. The second-order valence-electron chi connectivity index (χ2n) is 5.36. The number of rotatable bonds is 5. The van der Waals surface area contributed by atoms with Gasteiger partial charge < -0.3 is 10.5 Å². The predicted molar refractivity (Wildman–Crippen MR) is 89.9 cm³/mol. The molecule has 0 unspecified atom stereocenters. The van der Waals surface area contributed by atoms with Crippen LogP contribution in [0.25, 0.3) is 5.69 Å². The Morgan fingerprint density at radius 3 is 2.54 bits per heavy atom. The molecule has 0 aliphatic carbocycles. The number of nitro benzene ring substituents is 1. The van der Waals surface area contributed by atoms with Gasteiger partial charge in [-0.15, -0.1) is 0 Å². The number of nitrogens with zero attached hydrogens (tertiary/aromatic N) is 3. The molecule has 1 aromatic heterocycles. The van der Waals surface area contributed by atoms with Crippen LogP contribution in [0.4, 0.5) is 10.1 Å². The minimum atomic E-state index is -0.917. The van der Waals surface area contributed by atoms with Gasteiger partial charge in [0.2, 0.25) is 5.88 Å². The van der Waals surface area contributed by atoms with Gasteiger partial charge in [0.1, 0.15) is 0 Å². The average Bonchev–Trinajstić information content (AvgIpc) is 2.94. The highest BCUT2D eigenvalue weighted by atomic mass is 19.1. The maximum absolute atomic E-state index is 14.2. The van der Waals surface area contributed by atoms with Gasteiger partial charge in [0.05, 0.1) is 16.7 Å². The number of primary amides is 1. The van der Waals surface area contributed by atoms with E-state index in [4.69, 9.17) is 10.5 Å². The van der Waals surface area contributed by atoms with Crippen LogP contribution in [0, 0.1) is 22.9 Å². The van der Waals surface area contributed by atoms with Gasteiger partial charge in [-0.2, -0.15) is 9.78 Å². The first-order valence-corrected chi connectivity index (χ1v) is 7.45. The molecule has 1 heterocycles. The lowest BCUT2D eigenvalue weighted by Gasteiger charge is -2.10. The molecule has 0 aliphatic heterocycles. The third kappa shape index (κ3) is 3.09. The molecule has 1 amide bonds. The summed E-state index contributed by atoms with van der Waals surface area (Å²) in [5, 5.41) is 14.9. The molecular formula is C17H13FN4O4. The van der Waals surface area contributed by atoms with E-state index in [2.05, 4.69) is 5.10 Å². The molecule has 26 heavy (non-hydrogen) atoms. The van der Waals surface area contributed by atoms with Crippen LogP contribution in [0.3, 0.4) is 0 Å². The number of nitro groups is 1. The van der Waals surface area contributed by atoms with E-state index >= 15 is 0 Å². The van der Waals surface area contributed by atoms with Crippen molar-refractivity contribution < 1.29 is 18.8 Å². The summed E-state index contributed by atoms with van der Waals surface area (Å²) in [6.07, 6.45) is 0. The summed E-state index contributed by atoms with van der Waals surface area (Å²) in [5.74, 6) is -1.84. The van der Waals surface area contributed by atoms with Gasteiger partial charge in [-0.25, -0.2) is 4.39 Å². The molecule has 0 fully saturated rings. The fourth-order valence-corrected chi connectivity index (χ4v) is 2.37. The van der Waals surface area contributed by atoms with E-state index in [0.29, 0.717) is 11.3 Å². The second kappa shape index (κ2) is 6.63. The maximum Gasteiger partial charge on any atom is 0.272 e. The molecule has 0 bridgehead atoms. The number of hydrogen-bond donors (Lipinski definition) is 1. The Kier molecular flexibility index (Phi) is 4.36. The summed E-state index contributed by atoms with van der Waals surface area (Å²) in [5.41, 5.74) is 5.80. The van der Waals surface area contributed by atoms with Crippen LogP contribution in [0.5, 0.6) is 11.6 Å². The highest BCUT2D eigenvalue weighted by molar-refractivity contribution is 5.93. The Hall–Kier alpha value is -3.75. The van der Waals surface area contributed by atoms with Gasteiger partial charge >= 0.3 is 0 Å². The monoisotopic (exact) mass is 356 g/mol. The lowest BCUT2D eigenvalue weighted by atomic mass is 10.2. The van der Waals surface area contributed by atoms with Crippen molar-refractivity contribution in [3.63, 3.8) is 0 Å². The van der Waals surface area contributed by atoms with E-state index in [1.807, 2.05) is 0 Å². The lowest BCUT2D eigenvalue weighted by molar-refractivity contribution is -0.385. The number of nitrogens with two attached hydrogens (primary N) is 1. The molecule has 0 radical (unpaired) electrons. The molecule has 132 valence electrons. The lowest BCUT2D eigenvalue weighted by Crippen LogP contribution is -2.13. The molecule has 3 rings (SSSR count). The van der Waals surface area contributed by atoms with Crippen LogP contribution in [0.15, 0.2) is 48.5 Å². The fraction of sp³-hybridized carbons (Fsp3) is 0.0588. The zero-order chi connectivity index (χ0) is 18.8. The van der Waals surface area contributed by atoms with E-state index in [0.717, 1.165) is 18.2 Å². The van der Waals surface area contributed by atoms with Crippen LogP contribution in [-0.4, -0.2) is 20.6 Å². The normalized spacial score (nSPS) is 10.5. The third-order valence-electron chi connectivity index (χ3n) is 3.64. The molecule has 0 saturated carbocycles. The molecule has 9 heteroatoms. The van der Waals surface area contributed by atoms with E-state index in [1.54, 1.807) is 37.3 Å². The second-order valence-corrected chi connectivity index (χ2v) is 5.36. The van der Waals surface area contributed by atoms with Crippen LogP contribution in [0.2, 0.25) is 0 Å². The van der Waals surface area contributed by atoms with Crippen molar-refractivity contribution in [2.45, 2.75) is 6.92 Å². The van der Waals surface area contributed by atoms with Crippen LogP contribution >= 0.6 is 0 Å². The SMILES string of the molecule is Cc1c(C(N)=O)nn(-c2ccccc2)c1Oc1ccc([N+](=O)[O-])cc1F. The number of non-ortho nitro benzene ring substituents is 1. The van der Waals surface area contributed by atoms with E-state index in [9.17, 15) is 19.3 Å². The molecule has 2 aromatic carbocycles. The van der Waals surface area contributed by atoms with Gasteiger partial charge in [0.25, 0.3) is 11.6 Å². The number of carbonyl (C=O) groups excluding carboxylic acids is 1. The third-order valence-corrected chi connectivity index (χ3v) is 3.64. The van der Waals surface area contributed by atoms with Crippen molar-refractivity contribution in [2.75, 3.05) is 0 Å². The number of benzene rings is 2. The minimum absolute atomic E-state index is 0.0221. The Morgan fingerprint density at radius 1 is 1.27 bits per heavy atom. The fourth-order valence-electron chi connectivity index (χ4n) is 2.37. The van der Waals surface area contributed by atoms with E-state index in [1.165, 1.54) is 4.68 Å². The van der Waals surface area contributed by atoms with Crippen molar-refractivity contribution in [3.8, 4) is 17.3 Å². The summed E-state index contributed by atoms with van der Waals surface area (Å²) in [6, 6.07) is 11.8.